The van der Waals surface area contributed by atoms with Gasteiger partial charge in [-0.2, -0.15) is 0 Å². The Hall–Kier alpha value is -5.69. The Morgan fingerprint density at radius 1 is 1.04 bits per heavy atom. The van der Waals surface area contributed by atoms with Crippen LogP contribution in [0.1, 0.15) is 20.7 Å². The highest BCUT2D eigenvalue weighted by Gasteiger charge is 2.28. The minimum absolute atomic E-state index is 0.137. The molecule has 3 aromatic carbocycles. The number of pyridine rings is 1. The maximum absolute atomic E-state index is 13.7. The van der Waals surface area contributed by atoms with Crippen LogP contribution in [0.3, 0.4) is 0 Å². The molecule has 6 aromatic rings. The van der Waals surface area contributed by atoms with Gasteiger partial charge in [-0.15, -0.1) is 0 Å². The number of anilines is 1. The van der Waals surface area contributed by atoms with E-state index in [2.05, 4.69) is 5.32 Å². The zero-order chi connectivity index (χ0) is 32.5. The highest BCUT2D eigenvalue weighted by Crippen LogP contribution is 2.43. The molecular weight excluding hydrogens is 615 g/mol. The number of aromatic nitrogens is 2. The molecule has 0 bridgehead atoms. The Kier molecular flexibility index (Phi) is 6.60. The number of benzene rings is 3. The lowest BCUT2D eigenvalue weighted by Crippen LogP contribution is -2.25. The molecule has 0 aliphatic carbocycles. The average Bonchev–Trinajstić information content (AvgIpc) is 3.61. The summed E-state index contributed by atoms with van der Waals surface area (Å²) in [6.07, 6.45) is 1.07. The van der Waals surface area contributed by atoms with Gasteiger partial charge in [-0.25, -0.2) is 22.6 Å². The predicted octanol–water partition coefficient (Wildman–Crippen LogP) is 5.73. The molecule has 0 fully saturated rings. The quantitative estimate of drug-likeness (QED) is 0.235. The molecule has 11 nitrogen and oxygen atoms in total. The third-order valence-corrected chi connectivity index (χ3v) is 9.30. The van der Waals surface area contributed by atoms with Crippen molar-refractivity contribution in [1.82, 2.24) is 14.9 Å². The number of carbonyl (C=O) groups is 2. The van der Waals surface area contributed by atoms with E-state index in [0.717, 1.165) is 10.6 Å². The zero-order valence-electron chi connectivity index (χ0n) is 24.7. The Bertz CT molecular complexity index is 2360. The van der Waals surface area contributed by atoms with Crippen molar-refractivity contribution >= 4 is 49.5 Å². The smallest absolute Gasteiger partial charge is 0.336 e. The van der Waals surface area contributed by atoms with Gasteiger partial charge in [0.25, 0.3) is 5.91 Å². The average molecular weight is 641 g/mol. The summed E-state index contributed by atoms with van der Waals surface area (Å²) >= 11 is 0. The van der Waals surface area contributed by atoms with Crippen molar-refractivity contribution in [3.05, 3.63) is 89.7 Å². The highest BCUT2D eigenvalue weighted by molar-refractivity contribution is 7.92. The number of ether oxygens (including phenoxy) is 1. The van der Waals surface area contributed by atoms with Crippen LogP contribution in [0.15, 0.2) is 77.2 Å². The van der Waals surface area contributed by atoms with Gasteiger partial charge in [0.05, 0.1) is 40.0 Å². The molecule has 2 N–H and O–H groups in total. The van der Waals surface area contributed by atoms with Crippen LogP contribution >= 0.6 is 0 Å². The Morgan fingerprint density at radius 3 is 2.50 bits per heavy atom. The highest BCUT2D eigenvalue weighted by atomic mass is 32.2. The van der Waals surface area contributed by atoms with E-state index in [4.69, 9.17) is 14.1 Å². The monoisotopic (exact) mass is 640 g/mol. The maximum atomic E-state index is 13.7. The number of carbonyl (C=O) groups excluding carboxylic acids is 1. The van der Waals surface area contributed by atoms with E-state index >= 15 is 0 Å². The number of rotatable bonds is 6. The number of nitrogens with zero attached hydrogens (tertiary/aromatic N) is 3. The van der Waals surface area contributed by atoms with E-state index in [1.165, 1.54) is 50.5 Å². The maximum Gasteiger partial charge on any atom is 0.336 e. The third-order valence-electron chi connectivity index (χ3n) is 8.11. The van der Waals surface area contributed by atoms with Gasteiger partial charge >= 0.3 is 5.97 Å². The molecule has 0 atom stereocenters. The summed E-state index contributed by atoms with van der Waals surface area (Å²) in [6, 6.07) is 18.8. The van der Waals surface area contributed by atoms with Crippen LogP contribution < -0.4 is 14.4 Å². The van der Waals surface area contributed by atoms with Crippen molar-refractivity contribution in [2.24, 2.45) is 0 Å². The van der Waals surface area contributed by atoms with E-state index in [0.29, 0.717) is 50.2 Å². The van der Waals surface area contributed by atoms with Crippen LogP contribution in [0.4, 0.5) is 10.1 Å². The molecule has 232 valence electrons. The molecule has 0 saturated heterocycles. The number of hydrogen-bond donors (Lipinski definition) is 2. The van der Waals surface area contributed by atoms with E-state index in [-0.39, 0.29) is 34.9 Å². The van der Waals surface area contributed by atoms with Gasteiger partial charge in [0, 0.05) is 42.1 Å². The van der Waals surface area contributed by atoms with E-state index in [1.807, 2.05) is 4.57 Å². The molecule has 4 heterocycles. The van der Waals surface area contributed by atoms with E-state index < -0.39 is 27.7 Å². The zero-order valence-corrected chi connectivity index (χ0v) is 25.5. The van der Waals surface area contributed by atoms with Gasteiger partial charge in [-0.3, -0.25) is 9.10 Å². The number of furan rings is 1. The first kappa shape index (κ1) is 29.0. The van der Waals surface area contributed by atoms with Crippen molar-refractivity contribution in [2.45, 2.75) is 6.73 Å². The van der Waals surface area contributed by atoms with Gasteiger partial charge < -0.3 is 24.1 Å². The molecule has 3 aromatic heterocycles. The second-order valence-electron chi connectivity index (χ2n) is 10.8. The third kappa shape index (κ3) is 4.55. The molecule has 0 saturated carbocycles. The van der Waals surface area contributed by atoms with Gasteiger partial charge in [-0.05, 0) is 60.7 Å². The predicted molar refractivity (Wildman–Crippen MR) is 170 cm³/mol. The fraction of sp³-hybridized carbons (Fsp3) is 0.121. The van der Waals surface area contributed by atoms with Crippen LogP contribution in [0, 0.1) is 5.82 Å². The fourth-order valence-corrected chi connectivity index (χ4v) is 6.28. The van der Waals surface area contributed by atoms with E-state index in [1.54, 1.807) is 36.4 Å². The summed E-state index contributed by atoms with van der Waals surface area (Å²) in [5.74, 6) is -1.33. The fourth-order valence-electron chi connectivity index (χ4n) is 5.77. The molecule has 46 heavy (non-hydrogen) atoms. The van der Waals surface area contributed by atoms with Crippen LogP contribution in [-0.2, 0) is 16.8 Å². The van der Waals surface area contributed by atoms with Gasteiger partial charge in [-0.1, -0.05) is 6.07 Å². The standard InChI is InChI=1S/C33H25FN4O7S/c1-35-32(39)29-22-13-21(25(37(2)46(3,42)43)15-28(22)45-31(29)17-7-9-18(34)10-8-17)23-11-12-27-30(36-23)26-14-20-19(33(40)41)5-4-6-24(20)38(26)16-44-27/h4-15H,16H2,1-3H3,(H,35,39)(H,40,41). The number of carboxylic acid groups (broad SMARTS) is 1. The summed E-state index contributed by atoms with van der Waals surface area (Å²) < 4.78 is 54.4. The molecule has 1 aliphatic rings. The molecule has 13 heteroatoms. The minimum atomic E-state index is -3.77. The van der Waals surface area contributed by atoms with Crippen molar-refractivity contribution in [2.75, 3.05) is 24.7 Å². The molecule has 0 unspecified atom stereocenters. The normalized spacial score (nSPS) is 12.4. The Balaban J connectivity index is 1.49. The molecule has 1 amide bonds. The Labute approximate surface area is 261 Å². The van der Waals surface area contributed by atoms with Crippen molar-refractivity contribution < 1.29 is 36.7 Å². The lowest BCUT2D eigenvalue weighted by atomic mass is 10.0. The second kappa shape index (κ2) is 10.4. The number of nitrogens with one attached hydrogen (secondary N) is 1. The SMILES string of the molecule is CNC(=O)c1c(-c2ccc(F)cc2)oc2cc(N(C)S(C)(=O)=O)c(-c3ccc4c(n3)-c3cc5c(C(=O)O)cccc5n3CO4)cc12. The van der Waals surface area contributed by atoms with Gasteiger partial charge in [0.15, 0.2) is 6.73 Å². The van der Waals surface area contributed by atoms with Crippen LogP contribution in [0.25, 0.3) is 55.8 Å². The molecule has 0 radical (unpaired) electrons. The molecular formula is C33H25FN4O7S. The topological polar surface area (TPSA) is 144 Å². The summed E-state index contributed by atoms with van der Waals surface area (Å²) in [5.41, 5.74) is 3.68. The summed E-state index contributed by atoms with van der Waals surface area (Å²) in [4.78, 5) is 30.1. The molecule has 1 aliphatic heterocycles. The van der Waals surface area contributed by atoms with Crippen molar-refractivity contribution in [3.8, 4) is 39.7 Å². The van der Waals surface area contributed by atoms with E-state index in [9.17, 15) is 27.5 Å². The number of sulfonamides is 1. The number of hydrogen-bond acceptors (Lipinski definition) is 7. The van der Waals surface area contributed by atoms with Crippen molar-refractivity contribution in [1.29, 1.82) is 0 Å². The number of carboxylic acids is 1. The Morgan fingerprint density at radius 2 is 1.80 bits per heavy atom. The summed E-state index contributed by atoms with van der Waals surface area (Å²) in [7, 11) is -0.900. The largest absolute Gasteiger partial charge is 0.478 e. The first-order chi connectivity index (χ1) is 22.0. The number of amides is 1. The molecule has 0 spiro atoms. The summed E-state index contributed by atoms with van der Waals surface area (Å²) in [5, 5.41) is 13.3. The van der Waals surface area contributed by atoms with Crippen LogP contribution in [0.5, 0.6) is 5.75 Å². The first-order valence-corrected chi connectivity index (χ1v) is 15.8. The lowest BCUT2D eigenvalue weighted by Gasteiger charge is -2.23. The molecule has 7 rings (SSSR count). The number of halogens is 1. The van der Waals surface area contributed by atoms with Crippen molar-refractivity contribution in [3.63, 3.8) is 0 Å². The summed E-state index contributed by atoms with van der Waals surface area (Å²) in [6.45, 7) is 0.140. The number of fused-ring (bicyclic) bond motifs is 6. The van der Waals surface area contributed by atoms with Gasteiger partial charge in [0.1, 0.15) is 28.6 Å². The minimum Gasteiger partial charge on any atom is -0.478 e. The second-order valence-corrected chi connectivity index (χ2v) is 12.8. The first-order valence-electron chi connectivity index (χ1n) is 14.0. The lowest BCUT2D eigenvalue weighted by molar-refractivity contribution is 0.0698. The number of aromatic carboxylic acids is 1. The van der Waals surface area contributed by atoms with Crippen LogP contribution in [-0.4, -0.2) is 55.3 Å². The van der Waals surface area contributed by atoms with Gasteiger partial charge in [0.2, 0.25) is 10.0 Å². The van der Waals surface area contributed by atoms with Crippen LogP contribution in [0.2, 0.25) is 0 Å².